The van der Waals surface area contributed by atoms with Gasteiger partial charge in [-0.1, -0.05) is 35.9 Å². The van der Waals surface area contributed by atoms with E-state index in [-0.39, 0.29) is 35.8 Å². The number of aryl methyl sites for hydroxylation is 2. The zero-order chi connectivity index (χ0) is 28.6. The Hall–Kier alpha value is -3.95. The normalized spacial score (nSPS) is 14.0. The summed E-state index contributed by atoms with van der Waals surface area (Å²) >= 11 is 6.95. The van der Waals surface area contributed by atoms with Crippen LogP contribution in [0.25, 0.3) is 6.08 Å². The van der Waals surface area contributed by atoms with Crippen LogP contribution in [0.1, 0.15) is 23.6 Å². The van der Waals surface area contributed by atoms with Crippen LogP contribution >= 0.6 is 23.4 Å². The van der Waals surface area contributed by atoms with Crippen LogP contribution in [0, 0.1) is 13.8 Å². The number of thioether (sulfide) groups is 1. The Morgan fingerprint density at radius 3 is 2.50 bits per heavy atom. The van der Waals surface area contributed by atoms with Crippen LogP contribution in [-0.2, 0) is 9.59 Å². The summed E-state index contributed by atoms with van der Waals surface area (Å²) in [6.45, 7) is 6.19. The van der Waals surface area contributed by atoms with Crippen molar-refractivity contribution in [2.45, 2.75) is 20.8 Å². The molecule has 4 rings (SSSR count). The molecule has 1 heterocycles. The van der Waals surface area contributed by atoms with E-state index in [2.05, 4.69) is 5.32 Å². The molecule has 0 unspecified atom stereocenters. The van der Waals surface area contributed by atoms with E-state index in [1.165, 1.54) is 0 Å². The highest BCUT2D eigenvalue weighted by atomic mass is 35.5. The molecule has 0 atom stereocenters. The van der Waals surface area contributed by atoms with Crippen molar-refractivity contribution in [2.24, 2.45) is 0 Å². The van der Waals surface area contributed by atoms with Crippen molar-refractivity contribution < 1.29 is 28.6 Å². The van der Waals surface area contributed by atoms with Crippen LogP contribution in [0.5, 0.6) is 17.2 Å². The molecule has 3 aromatic carbocycles. The number of benzene rings is 3. The van der Waals surface area contributed by atoms with E-state index in [1.54, 1.807) is 48.5 Å². The number of hydrogen-bond donors (Lipinski definition) is 1. The summed E-state index contributed by atoms with van der Waals surface area (Å²) in [6, 6.07) is 17.8. The Balaban J connectivity index is 1.38. The van der Waals surface area contributed by atoms with E-state index in [0.717, 1.165) is 27.8 Å². The number of carbonyl (C=O) groups is 3. The van der Waals surface area contributed by atoms with Crippen molar-refractivity contribution in [3.8, 4) is 17.2 Å². The van der Waals surface area contributed by atoms with Crippen LogP contribution in [0.4, 0.5) is 10.5 Å². The third-order valence-corrected chi connectivity index (χ3v) is 7.22. The molecule has 0 aliphatic carbocycles. The van der Waals surface area contributed by atoms with Crippen molar-refractivity contribution in [1.82, 2.24) is 4.90 Å². The Morgan fingerprint density at radius 2 is 1.75 bits per heavy atom. The summed E-state index contributed by atoms with van der Waals surface area (Å²) in [5.41, 5.74) is 3.56. The Labute approximate surface area is 242 Å². The molecular weight excluding hydrogens is 552 g/mol. The molecule has 1 N–H and O–H groups in total. The monoisotopic (exact) mass is 580 g/mol. The SMILES string of the molecule is CCOc1cc(/C=C2\SC(=O)N(CCOc3ccccc3Cl)C2=O)ccc1OCC(=O)Nc1ccc(C)c(C)c1. The predicted octanol–water partition coefficient (Wildman–Crippen LogP) is 6.49. The lowest BCUT2D eigenvalue weighted by atomic mass is 10.1. The number of anilines is 1. The van der Waals surface area contributed by atoms with Crippen LogP contribution < -0.4 is 19.5 Å². The van der Waals surface area contributed by atoms with Gasteiger partial charge in [-0.05, 0) is 91.7 Å². The number of amides is 3. The van der Waals surface area contributed by atoms with Gasteiger partial charge >= 0.3 is 0 Å². The lowest BCUT2D eigenvalue weighted by Crippen LogP contribution is -2.32. The number of hydrogen-bond acceptors (Lipinski definition) is 7. The number of rotatable bonds is 11. The van der Waals surface area contributed by atoms with Gasteiger partial charge in [-0.15, -0.1) is 0 Å². The minimum atomic E-state index is -0.404. The number of imide groups is 1. The second kappa shape index (κ2) is 13.4. The number of ether oxygens (including phenoxy) is 3. The minimum absolute atomic E-state index is 0.0917. The maximum Gasteiger partial charge on any atom is 0.293 e. The second-order valence-electron chi connectivity index (χ2n) is 8.89. The topological polar surface area (TPSA) is 94.2 Å². The molecule has 3 aromatic rings. The van der Waals surface area contributed by atoms with E-state index in [9.17, 15) is 14.4 Å². The molecule has 0 saturated carbocycles. The van der Waals surface area contributed by atoms with E-state index >= 15 is 0 Å². The minimum Gasteiger partial charge on any atom is -0.490 e. The summed E-state index contributed by atoms with van der Waals surface area (Å²) < 4.78 is 17.1. The summed E-state index contributed by atoms with van der Waals surface area (Å²) in [4.78, 5) is 39.3. The summed E-state index contributed by atoms with van der Waals surface area (Å²) in [5, 5.41) is 2.90. The Morgan fingerprint density at radius 1 is 0.950 bits per heavy atom. The fourth-order valence-electron chi connectivity index (χ4n) is 3.81. The molecular formula is C30H29ClN2O6S. The first-order valence-corrected chi connectivity index (χ1v) is 13.8. The van der Waals surface area contributed by atoms with Gasteiger partial charge in [-0.25, -0.2) is 0 Å². The van der Waals surface area contributed by atoms with E-state index in [1.807, 2.05) is 39.0 Å². The number of carbonyl (C=O) groups excluding carboxylic acids is 3. The first-order chi connectivity index (χ1) is 19.2. The molecule has 10 heteroatoms. The highest BCUT2D eigenvalue weighted by Gasteiger charge is 2.34. The molecule has 3 amide bonds. The molecule has 0 spiro atoms. The van der Waals surface area contributed by atoms with Gasteiger partial charge < -0.3 is 19.5 Å². The Bertz CT molecular complexity index is 1460. The van der Waals surface area contributed by atoms with E-state index < -0.39 is 5.91 Å². The number of halogens is 1. The zero-order valence-corrected chi connectivity index (χ0v) is 23.9. The largest absolute Gasteiger partial charge is 0.490 e. The van der Waals surface area contributed by atoms with Crippen molar-refractivity contribution in [2.75, 3.05) is 31.7 Å². The summed E-state index contributed by atoms with van der Waals surface area (Å²) in [6.07, 6.45) is 1.62. The molecule has 1 saturated heterocycles. The molecule has 1 fully saturated rings. The molecule has 8 nitrogen and oxygen atoms in total. The molecule has 208 valence electrons. The molecule has 0 radical (unpaired) electrons. The van der Waals surface area contributed by atoms with Gasteiger partial charge in [-0.3, -0.25) is 19.3 Å². The zero-order valence-electron chi connectivity index (χ0n) is 22.4. The smallest absolute Gasteiger partial charge is 0.293 e. The van der Waals surface area contributed by atoms with Crippen LogP contribution in [0.2, 0.25) is 5.02 Å². The lowest BCUT2D eigenvalue weighted by Gasteiger charge is -2.14. The predicted molar refractivity (Wildman–Crippen MR) is 157 cm³/mol. The highest BCUT2D eigenvalue weighted by molar-refractivity contribution is 8.18. The van der Waals surface area contributed by atoms with Crippen molar-refractivity contribution in [1.29, 1.82) is 0 Å². The van der Waals surface area contributed by atoms with Gasteiger partial charge in [0.15, 0.2) is 18.1 Å². The van der Waals surface area contributed by atoms with E-state index in [0.29, 0.717) is 40.1 Å². The number of nitrogens with zero attached hydrogens (tertiary/aromatic N) is 1. The molecule has 0 bridgehead atoms. The van der Waals surface area contributed by atoms with Crippen molar-refractivity contribution in [3.05, 3.63) is 87.3 Å². The quantitative estimate of drug-likeness (QED) is 0.259. The number of para-hydroxylation sites is 1. The summed E-state index contributed by atoms with van der Waals surface area (Å²) in [5.74, 6) is 0.586. The van der Waals surface area contributed by atoms with Gasteiger partial charge in [0, 0.05) is 5.69 Å². The molecule has 40 heavy (non-hydrogen) atoms. The molecule has 1 aliphatic heterocycles. The average Bonchev–Trinajstić information content (AvgIpc) is 3.19. The highest BCUT2D eigenvalue weighted by Crippen LogP contribution is 2.35. The first-order valence-electron chi connectivity index (χ1n) is 12.6. The standard InChI is InChI=1S/C30H29ClN2O6S/c1-4-37-26-16-21(10-12-25(26)39-18-28(34)32-22-11-9-19(2)20(3)15-22)17-27-29(35)33(30(36)40-27)13-14-38-24-8-6-5-7-23(24)31/h5-12,15-17H,4,13-14,18H2,1-3H3,(H,32,34)/b27-17-. The van der Waals surface area contributed by atoms with Crippen LogP contribution in [0.15, 0.2) is 65.6 Å². The van der Waals surface area contributed by atoms with Crippen molar-refractivity contribution >= 4 is 52.2 Å². The van der Waals surface area contributed by atoms with Crippen molar-refractivity contribution in [3.63, 3.8) is 0 Å². The fraction of sp³-hybridized carbons (Fsp3) is 0.233. The third kappa shape index (κ3) is 7.37. The third-order valence-electron chi connectivity index (χ3n) is 6.00. The van der Waals surface area contributed by atoms with Crippen LogP contribution in [-0.4, -0.2) is 48.3 Å². The van der Waals surface area contributed by atoms with Crippen LogP contribution in [0.3, 0.4) is 0 Å². The average molecular weight is 581 g/mol. The van der Waals surface area contributed by atoms with Gasteiger partial charge in [0.1, 0.15) is 12.4 Å². The summed E-state index contributed by atoms with van der Waals surface area (Å²) in [7, 11) is 0. The fourth-order valence-corrected chi connectivity index (χ4v) is 4.87. The Kier molecular flexibility index (Phi) is 9.74. The maximum absolute atomic E-state index is 12.9. The number of nitrogens with one attached hydrogen (secondary N) is 1. The maximum atomic E-state index is 12.9. The second-order valence-corrected chi connectivity index (χ2v) is 10.3. The first kappa shape index (κ1) is 29.0. The van der Waals surface area contributed by atoms with Gasteiger partial charge in [-0.2, -0.15) is 0 Å². The van der Waals surface area contributed by atoms with Gasteiger partial charge in [0.05, 0.1) is 23.1 Å². The lowest BCUT2D eigenvalue weighted by molar-refractivity contribution is -0.123. The van der Waals surface area contributed by atoms with Gasteiger partial charge in [0.2, 0.25) is 0 Å². The van der Waals surface area contributed by atoms with E-state index in [4.69, 9.17) is 25.8 Å². The molecule has 1 aliphatic rings. The van der Waals surface area contributed by atoms with Gasteiger partial charge in [0.25, 0.3) is 17.1 Å². The molecule has 0 aromatic heterocycles.